The largest absolute Gasteiger partial charge is 0.412 e. The average Bonchev–Trinajstić information content (AvgIpc) is 2.05. The Morgan fingerprint density at radius 3 is 2.82 bits per heavy atom. The van der Waals surface area contributed by atoms with Gasteiger partial charge in [-0.2, -0.15) is 0 Å². The monoisotopic (exact) mass is 148 g/mol. The highest BCUT2D eigenvalue weighted by molar-refractivity contribution is 5.65. The van der Waals surface area contributed by atoms with Crippen molar-refractivity contribution in [3.05, 3.63) is 35.9 Å². The maximum absolute atomic E-state index is 4.31. The first kappa shape index (κ1) is 7.82. The smallest absolute Gasteiger partial charge is 0.0650 e. The summed E-state index contributed by atoms with van der Waals surface area (Å²) >= 11 is 0. The van der Waals surface area contributed by atoms with Crippen molar-refractivity contribution >= 4 is 11.8 Å². The second-order valence-electron chi connectivity index (χ2n) is 2.30. The van der Waals surface area contributed by atoms with E-state index in [9.17, 15) is 0 Å². The van der Waals surface area contributed by atoms with Gasteiger partial charge in [0.05, 0.1) is 12.2 Å². The number of benzene rings is 1. The zero-order valence-corrected chi connectivity index (χ0v) is 6.12. The molecule has 0 aromatic heterocycles. The van der Waals surface area contributed by atoms with Gasteiger partial charge in [-0.25, -0.2) is 0 Å². The fourth-order valence-corrected chi connectivity index (χ4v) is 1.10. The molecule has 1 radical (unpaired) electrons. The van der Waals surface area contributed by atoms with Crippen molar-refractivity contribution in [3.8, 4) is 0 Å². The summed E-state index contributed by atoms with van der Waals surface area (Å²) in [6.07, 6.45) is 4.19. The van der Waals surface area contributed by atoms with Crippen LogP contribution in [-0.4, -0.2) is 12.0 Å². The molecule has 1 aliphatic rings. The molecular weight excluding hydrogens is 138 g/mol. The van der Waals surface area contributed by atoms with E-state index in [1.165, 1.54) is 5.56 Å². The second kappa shape index (κ2) is 3.21. The zero-order chi connectivity index (χ0) is 6.81. The Kier molecular flexibility index (Phi) is 2.28. The van der Waals surface area contributed by atoms with E-state index in [0.29, 0.717) is 0 Å². The Bertz CT molecular complexity index is 268. The first-order valence-electron chi connectivity index (χ1n) is 3.40. The maximum Gasteiger partial charge on any atom is 0.0650 e. The molecule has 1 aromatic carbocycles. The fourth-order valence-electron chi connectivity index (χ4n) is 1.10. The Hall–Kier alpha value is -1.28. The van der Waals surface area contributed by atoms with Gasteiger partial charge >= 0.3 is 0 Å². The third-order valence-electron chi connectivity index (χ3n) is 1.60. The minimum absolute atomic E-state index is 0. The highest BCUT2D eigenvalue weighted by Gasteiger charge is 2.00. The predicted octanol–water partition coefficient (Wildman–Crippen LogP) is 1.12. The Labute approximate surface area is 65.9 Å². The summed E-state index contributed by atoms with van der Waals surface area (Å²) in [5.74, 6) is 0. The van der Waals surface area contributed by atoms with Gasteiger partial charge in [-0.3, -0.25) is 5.32 Å². The summed E-state index contributed by atoms with van der Waals surface area (Å²) < 4.78 is 0. The molecule has 2 nitrogen and oxygen atoms in total. The molecule has 0 saturated heterocycles. The second-order valence-corrected chi connectivity index (χ2v) is 2.30. The molecule has 2 N–H and O–H groups in total. The summed E-state index contributed by atoms with van der Waals surface area (Å²) in [7, 11) is 0. The Morgan fingerprint density at radius 1 is 1.18 bits per heavy atom. The quantitative estimate of drug-likeness (QED) is 0.529. The van der Waals surface area contributed by atoms with Gasteiger partial charge in [0.2, 0.25) is 0 Å². The van der Waals surface area contributed by atoms with Crippen molar-refractivity contribution in [3.63, 3.8) is 0 Å². The summed E-state index contributed by atoms with van der Waals surface area (Å²) in [6, 6.07) is 8.17. The fraction of sp³-hybridized carbons (Fsp3) is 0.111. The first-order valence-corrected chi connectivity index (χ1v) is 3.40. The molecular formula is C9H10NO. The minimum atomic E-state index is 0. The highest BCUT2D eigenvalue weighted by Crippen LogP contribution is 2.19. The summed E-state index contributed by atoms with van der Waals surface area (Å²) in [5, 5.41) is 4.31. The van der Waals surface area contributed by atoms with Crippen LogP contribution in [0.5, 0.6) is 0 Å². The van der Waals surface area contributed by atoms with E-state index in [4.69, 9.17) is 0 Å². The number of nitrogens with zero attached hydrogens (tertiary/aromatic N) is 1. The molecule has 0 spiro atoms. The molecule has 2 rings (SSSR count). The van der Waals surface area contributed by atoms with Crippen LogP contribution in [0.1, 0.15) is 5.56 Å². The zero-order valence-electron chi connectivity index (χ0n) is 6.12. The van der Waals surface area contributed by atoms with E-state index in [2.05, 4.69) is 23.5 Å². The number of rotatable bonds is 0. The Balaban J connectivity index is 0.000000605. The van der Waals surface area contributed by atoms with E-state index >= 15 is 0 Å². The van der Waals surface area contributed by atoms with Gasteiger partial charge in [-0.05, 0) is 11.6 Å². The lowest BCUT2D eigenvalue weighted by Gasteiger charge is -2.08. The topological polar surface area (TPSA) is 45.6 Å². The van der Waals surface area contributed by atoms with E-state index in [0.717, 1.165) is 12.2 Å². The molecule has 1 aliphatic heterocycles. The van der Waals surface area contributed by atoms with Gasteiger partial charge in [-0.15, -0.1) is 0 Å². The molecule has 0 saturated carbocycles. The molecule has 0 unspecified atom stereocenters. The van der Waals surface area contributed by atoms with E-state index in [1.54, 1.807) is 0 Å². The molecule has 2 heteroatoms. The van der Waals surface area contributed by atoms with Gasteiger partial charge in [0.15, 0.2) is 0 Å². The van der Waals surface area contributed by atoms with Crippen molar-refractivity contribution in [2.45, 2.75) is 0 Å². The van der Waals surface area contributed by atoms with Gasteiger partial charge < -0.3 is 5.48 Å². The lowest BCUT2D eigenvalue weighted by Crippen LogP contribution is -2.01. The van der Waals surface area contributed by atoms with Crippen LogP contribution in [0, 0.1) is 0 Å². The van der Waals surface area contributed by atoms with Crippen LogP contribution in [-0.2, 0) is 0 Å². The normalized spacial score (nSPS) is 12.7. The maximum atomic E-state index is 4.31. The molecule has 0 bridgehead atoms. The van der Waals surface area contributed by atoms with Crippen molar-refractivity contribution < 1.29 is 5.48 Å². The molecule has 1 heterocycles. The lowest BCUT2D eigenvalue weighted by atomic mass is 10.1. The third kappa shape index (κ3) is 1.41. The molecule has 11 heavy (non-hydrogen) atoms. The lowest BCUT2D eigenvalue weighted by molar-refractivity contribution is 0.824. The van der Waals surface area contributed by atoms with Crippen LogP contribution in [0.15, 0.2) is 30.3 Å². The number of hydrogen-bond donors (Lipinski definition) is 0. The first-order chi connectivity index (χ1) is 4.97. The van der Waals surface area contributed by atoms with E-state index in [1.807, 2.05) is 18.2 Å². The average molecular weight is 148 g/mol. The van der Waals surface area contributed by atoms with Gasteiger partial charge in [0.1, 0.15) is 0 Å². The molecule has 0 amide bonds. The van der Waals surface area contributed by atoms with Crippen LogP contribution >= 0.6 is 0 Å². The molecule has 0 atom stereocenters. The van der Waals surface area contributed by atoms with Crippen molar-refractivity contribution in [2.24, 2.45) is 0 Å². The van der Waals surface area contributed by atoms with Crippen LogP contribution in [0.2, 0.25) is 0 Å². The summed E-state index contributed by atoms with van der Waals surface area (Å²) in [5.41, 5.74) is 2.35. The highest BCUT2D eigenvalue weighted by atomic mass is 16.0. The van der Waals surface area contributed by atoms with Crippen molar-refractivity contribution in [1.29, 1.82) is 0 Å². The van der Waals surface area contributed by atoms with Crippen molar-refractivity contribution in [2.75, 3.05) is 6.54 Å². The molecule has 57 valence electrons. The van der Waals surface area contributed by atoms with Crippen LogP contribution in [0.25, 0.3) is 6.08 Å². The van der Waals surface area contributed by atoms with Gasteiger partial charge in [0, 0.05) is 0 Å². The number of hydrogen-bond acceptors (Lipinski definition) is 0. The summed E-state index contributed by atoms with van der Waals surface area (Å²) in [4.78, 5) is 0. The third-order valence-corrected chi connectivity index (χ3v) is 1.60. The van der Waals surface area contributed by atoms with E-state index < -0.39 is 0 Å². The van der Waals surface area contributed by atoms with Gasteiger partial charge in [0.25, 0.3) is 0 Å². The number of fused-ring (bicyclic) bond motifs is 1. The SMILES string of the molecule is C1=Cc2ccccc2[N]C1.O. The minimum Gasteiger partial charge on any atom is -0.412 e. The Morgan fingerprint density at radius 2 is 2.00 bits per heavy atom. The molecule has 0 fully saturated rings. The van der Waals surface area contributed by atoms with Gasteiger partial charge in [-0.1, -0.05) is 30.4 Å². The standard InChI is InChI=1S/C9H8N.H2O/c1-2-6-9-8(4-1)5-3-7-10-9;/h1-6H,7H2;1H2. The van der Waals surface area contributed by atoms with E-state index in [-0.39, 0.29) is 5.48 Å². The molecule has 1 aromatic rings. The number of para-hydroxylation sites is 1. The van der Waals surface area contributed by atoms with Crippen molar-refractivity contribution in [1.82, 2.24) is 5.32 Å². The van der Waals surface area contributed by atoms with Crippen LogP contribution in [0.3, 0.4) is 0 Å². The summed E-state index contributed by atoms with van der Waals surface area (Å²) in [6.45, 7) is 0.830. The van der Waals surface area contributed by atoms with Crippen LogP contribution < -0.4 is 5.32 Å². The van der Waals surface area contributed by atoms with Crippen LogP contribution in [0.4, 0.5) is 5.69 Å². The predicted molar refractivity (Wildman–Crippen MR) is 45.8 cm³/mol. The molecule has 0 aliphatic carbocycles.